The van der Waals surface area contributed by atoms with Gasteiger partial charge in [0.05, 0.1) is 18.8 Å². The molecule has 138 valence electrons. The lowest BCUT2D eigenvalue weighted by molar-refractivity contribution is -0.200. The van der Waals surface area contributed by atoms with Gasteiger partial charge in [0, 0.05) is 46.8 Å². The van der Waals surface area contributed by atoms with Gasteiger partial charge < -0.3 is 19.1 Å². The van der Waals surface area contributed by atoms with Gasteiger partial charge in [-0.3, -0.25) is 9.69 Å². The molecule has 0 N–H and O–H groups in total. The fourth-order valence-corrected chi connectivity index (χ4v) is 3.53. The number of benzene rings is 1. The first kappa shape index (κ1) is 18.2. The number of rotatable bonds is 6. The molecule has 1 aromatic carbocycles. The van der Waals surface area contributed by atoms with Crippen LogP contribution in [0.15, 0.2) is 24.3 Å². The molecular weight excluding hydrogens is 320 g/mol. The van der Waals surface area contributed by atoms with Crippen LogP contribution in [0.4, 0.5) is 0 Å². The predicted octanol–water partition coefficient (Wildman–Crippen LogP) is 1.53. The maximum Gasteiger partial charge on any atom is 0.248 e. The van der Waals surface area contributed by atoms with Crippen LogP contribution in [0.2, 0.25) is 0 Å². The molecule has 2 aliphatic rings. The minimum atomic E-state index is -0.101. The molecule has 6 heteroatoms. The van der Waals surface area contributed by atoms with Crippen molar-refractivity contribution in [2.24, 2.45) is 0 Å². The summed E-state index contributed by atoms with van der Waals surface area (Å²) in [6.07, 6.45) is 1.84. The number of likely N-dealkylation sites (N-methyl/N-ethyl adjacent to an activating group) is 1. The van der Waals surface area contributed by atoms with Crippen LogP contribution in [0, 0.1) is 0 Å². The summed E-state index contributed by atoms with van der Waals surface area (Å²) < 4.78 is 17.1. The van der Waals surface area contributed by atoms with Crippen LogP contribution >= 0.6 is 0 Å². The van der Waals surface area contributed by atoms with Gasteiger partial charge >= 0.3 is 0 Å². The number of amides is 1. The van der Waals surface area contributed by atoms with Crippen LogP contribution in [0.5, 0.6) is 5.75 Å². The lowest BCUT2D eigenvalue weighted by atomic mass is 9.84. The van der Waals surface area contributed by atoms with E-state index >= 15 is 0 Å². The van der Waals surface area contributed by atoms with Gasteiger partial charge in [-0.1, -0.05) is 12.1 Å². The fraction of sp³-hybridized carbons (Fsp3) is 0.632. The lowest BCUT2D eigenvalue weighted by Gasteiger charge is -2.53. The first-order valence-corrected chi connectivity index (χ1v) is 8.81. The Kier molecular flexibility index (Phi) is 5.61. The molecule has 1 spiro atoms. The maximum atomic E-state index is 11.7. The topological polar surface area (TPSA) is 51.2 Å². The zero-order valence-electron chi connectivity index (χ0n) is 15.4. The molecule has 3 rings (SSSR count). The first-order chi connectivity index (χ1) is 12.0. The number of methoxy groups -OCH3 is 1. The summed E-state index contributed by atoms with van der Waals surface area (Å²) in [5.41, 5.74) is 1.17. The molecule has 0 radical (unpaired) electrons. The second-order valence-corrected chi connectivity index (χ2v) is 7.24. The number of likely N-dealkylation sites (tertiary alicyclic amines) is 1. The predicted molar refractivity (Wildman–Crippen MR) is 94.6 cm³/mol. The van der Waals surface area contributed by atoms with Crippen LogP contribution in [0.1, 0.15) is 18.4 Å². The van der Waals surface area contributed by atoms with Crippen molar-refractivity contribution in [2.45, 2.75) is 31.1 Å². The Hall–Kier alpha value is -1.63. The quantitative estimate of drug-likeness (QED) is 0.780. The number of nitrogens with zero attached hydrogens (tertiary/aromatic N) is 2. The summed E-state index contributed by atoms with van der Waals surface area (Å²) in [5, 5.41) is 0. The molecule has 1 aromatic rings. The van der Waals surface area contributed by atoms with E-state index in [0.717, 1.165) is 38.2 Å². The molecule has 1 unspecified atom stereocenters. The number of carbonyl (C=O) groups is 1. The zero-order valence-corrected chi connectivity index (χ0v) is 15.4. The van der Waals surface area contributed by atoms with Gasteiger partial charge in [-0.25, -0.2) is 0 Å². The van der Waals surface area contributed by atoms with Crippen LogP contribution in [-0.2, 0) is 20.8 Å². The second kappa shape index (κ2) is 7.72. The highest BCUT2D eigenvalue weighted by molar-refractivity contribution is 5.76. The van der Waals surface area contributed by atoms with Gasteiger partial charge in [-0.05, 0) is 24.1 Å². The summed E-state index contributed by atoms with van der Waals surface area (Å²) in [5.74, 6) is 0.891. The Morgan fingerprint density at radius 2 is 2.04 bits per heavy atom. The third-order valence-corrected chi connectivity index (χ3v) is 4.98. The number of hydrogen-bond donors (Lipinski definition) is 0. The molecule has 25 heavy (non-hydrogen) atoms. The molecular formula is C19H28N2O4. The number of ether oxygens (including phenoxy) is 3. The molecule has 0 aromatic heterocycles. The Balaban J connectivity index is 1.45. The summed E-state index contributed by atoms with van der Waals surface area (Å²) >= 11 is 0. The summed E-state index contributed by atoms with van der Waals surface area (Å²) in [7, 11) is 5.18. The van der Waals surface area contributed by atoms with Crippen molar-refractivity contribution in [2.75, 3.05) is 47.5 Å². The molecule has 1 atom stereocenters. The van der Waals surface area contributed by atoms with Crippen LogP contribution in [0.3, 0.4) is 0 Å². The standard InChI is InChI=1S/C19H28N2O4/c1-20(2)18(22)12-24-17-8-9-25-19(10-17)13-21(14-19)11-15-4-6-16(23-3)7-5-15/h4-7,17H,8-14H2,1-3H3. The van der Waals surface area contributed by atoms with Crippen molar-refractivity contribution in [1.29, 1.82) is 0 Å². The lowest BCUT2D eigenvalue weighted by Crippen LogP contribution is -2.65. The van der Waals surface area contributed by atoms with Gasteiger partial charge in [0.25, 0.3) is 0 Å². The van der Waals surface area contributed by atoms with Crippen LogP contribution in [0.25, 0.3) is 0 Å². The van der Waals surface area contributed by atoms with Gasteiger partial charge in [0.2, 0.25) is 5.91 Å². The van der Waals surface area contributed by atoms with Crippen molar-refractivity contribution in [1.82, 2.24) is 9.80 Å². The third kappa shape index (κ3) is 4.51. The Labute approximate surface area is 149 Å². The average Bonchev–Trinajstić information content (AvgIpc) is 2.59. The summed E-state index contributed by atoms with van der Waals surface area (Å²) in [6.45, 7) is 3.61. The maximum absolute atomic E-state index is 11.7. The van der Waals surface area contributed by atoms with Crippen molar-refractivity contribution < 1.29 is 19.0 Å². The second-order valence-electron chi connectivity index (χ2n) is 7.24. The van der Waals surface area contributed by atoms with Crippen molar-refractivity contribution >= 4 is 5.91 Å². The highest BCUT2D eigenvalue weighted by Gasteiger charge is 2.47. The van der Waals surface area contributed by atoms with Gasteiger partial charge in [-0.15, -0.1) is 0 Å². The van der Waals surface area contributed by atoms with Crippen molar-refractivity contribution in [3.63, 3.8) is 0 Å². The molecule has 0 aliphatic carbocycles. The third-order valence-electron chi connectivity index (χ3n) is 4.98. The van der Waals surface area contributed by atoms with E-state index in [0.29, 0.717) is 6.61 Å². The van der Waals surface area contributed by atoms with E-state index in [9.17, 15) is 4.79 Å². The minimum Gasteiger partial charge on any atom is -0.497 e. The Morgan fingerprint density at radius 3 is 2.68 bits per heavy atom. The van der Waals surface area contributed by atoms with Crippen molar-refractivity contribution in [3.8, 4) is 5.75 Å². The van der Waals surface area contributed by atoms with E-state index in [-0.39, 0.29) is 24.2 Å². The SMILES string of the molecule is COc1ccc(CN2CC3(CC(OCC(=O)N(C)C)CCO3)C2)cc1. The number of hydrogen-bond acceptors (Lipinski definition) is 5. The van der Waals surface area contributed by atoms with Crippen LogP contribution in [-0.4, -0.2) is 74.9 Å². The van der Waals surface area contributed by atoms with Gasteiger partial charge in [0.1, 0.15) is 12.4 Å². The number of carbonyl (C=O) groups excluding carboxylic acids is 1. The van der Waals surface area contributed by atoms with Gasteiger partial charge in [-0.2, -0.15) is 0 Å². The molecule has 2 saturated heterocycles. The molecule has 2 aliphatic heterocycles. The molecule has 2 heterocycles. The van der Waals surface area contributed by atoms with E-state index in [2.05, 4.69) is 17.0 Å². The molecule has 1 amide bonds. The monoisotopic (exact) mass is 348 g/mol. The summed E-state index contributed by atoms with van der Waals surface area (Å²) in [6, 6.07) is 8.19. The zero-order chi connectivity index (χ0) is 17.9. The first-order valence-electron chi connectivity index (χ1n) is 8.81. The summed E-state index contributed by atoms with van der Waals surface area (Å²) in [4.78, 5) is 15.6. The largest absolute Gasteiger partial charge is 0.497 e. The van der Waals surface area contributed by atoms with E-state index in [1.807, 2.05) is 12.1 Å². The fourth-order valence-electron chi connectivity index (χ4n) is 3.53. The molecule has 2 fully saturated rings. The highest BCUT2D eigenvalue weighted by Crippen LogP contribution is 2.36. The Bertz CT molecular complexity index is 582. The molecule has 0 saturated carbocycles. The Morgan fingerprint density at radius 1 is 1.32 bits per heavy atom. The van der Waals surface area contributed by atoms with E-state index in [1.54, 1.807) is 26.1 Å². The molecule has 0 bridgehead atoms. The highest BCUT2D eigenvalue weighted by atomic mass is 16.5. The van der Waals surface area contributed by atoms with E-state index in [1.165, 1.54) is 5.56 Å². The smallest absolute Gasteiger partial charge is 0.248 e. The minimum absolute atomic E-state index is 0.00952. The average molecular weight is 348 g/mol. The van der Waals surface area contributed by atoms with E-state index < -0.39 is 0 Å². The van der Waals surface area contributed by atoms with Crippen LogP contribution < -0.4 is 4.74 Å². The van der Waals surface area contributed by atoms with E-state index in [4.69, 9.17) is 14.2 Å². The van der Waals surface area contributed by atoms with Gasteiger partial charge in [0.15, 0.2) is 0 Å². The molecule has 6 nitrogen and oxygen atoms in total. The van der Waals surface area contributed by atoms with Crippen molar-refractivity contribution in [3.05, 3.63) is 29.8 Å². The normalized spacial score (nSPS) is 22.4.